The highest BCUT2D eigenvalue weighted by Crippen LogP contribution is 2.22. The average molecular weight is 396 g/mol. The highest BCUT2D eigenvalue weighted by Gasteiger charge is 2.27. The summed E-state index contributed by atoms with van der Waals surface area (Å²) in [6.07, 6.45) is 3.64. The van der Waals surface area contributed by atoms with E-state index in [1.807, 2.05) is 32.0 Å². The Morgan fingerprint density at radius 1 is 1.34 bits per heavy atom. The standard InChI is InChI=1S/C19H18N4O4.C2H6/c1-12-18(19(25)21-14-8-17(24)27-11-14)16-9-15(5-7-23(16)22-12)26-10-13-4-2-3-6-20-13;1-2/h2-7,9,14H,8,10-11H2,1H3,(H,21,25);1-2H3. The molecule has 1 atom stereocenters. The summed E-state index contributed by atoms with van der Waals surface area (Å²) in [7, 11) is 0. The summed E-state index contributed by atoms with van der Waals surface area (Å²) in [6.45, 7) is 6.29. The van der Waals surface area contributed by atoms with Crippen LogP contribution in [0.1, 0.15) is 42.0 Å². The topological polar surface area (TPSA) is 94.8 Å². The van der Waals surface area contributed by atoms with Crippen molar-refractivity contribution in [3.63, 3.8) is 0 Å². The molecule has 0 aromatic carbocycles. The number of fused-ring (bicyclic) bond motifs is 1. The number of esters is 1. The van der Waals surface area contributed by atoms with E-state index in [9.17, 15) is 9.59 Å². The minimum absolute atomic E-state index is 0.183. The van der Waals surface area contributed by atoms with E-state index in [-0.39, 0.29) is 30.9 Å². The number of hydrogen-bond acceptors (Lipinski definition) is 6. The molecule has 4 heterocycles. The van der Waals surface area contributed by atoms with Crippen LogP contribution >= 0.6 is 0 Å². The molecule has 3 aromatic heterocycles. The lowest BCUT2D eigenvalue weighted by atomic mass is 10.1. The molecule has 29 heavy (non-hydrogen) atoms. The number of hydrogen-bond donors (Lipinski definition) is 1. The fourth-order valence-corrected chi connectivity index (χ4v) is 3.02. The molecule has 4 rings (SSSR count). The van der Waals surface area contributed by atoms with Crippen LogP contribution in [0.2, 0.25) is 0 Å². The highest BCUT2D eigenvalue weighted by molar-refractivity contribution is 6.02. The summed E-state index contributed by atoms with van der Waals surface area (Å²) in [5.74, 6) is 0.0243. The van der Waals surface area contributed by atoms with Crippen molar-refractivity contribution in [2.24, 2.45) is 0 Å². The van der Waals surface area contributed by atoms with Crippen LogP contribution in [0.5, 0.6) is 5.75 Å². The van der Waals surface area contributed by atoms with Crippen molar-refractivity contribution < 1.29 is 19.1 Å². The number of pyridine rings is 2. The van der Waals surface area contributed by atoms with E-state index >= 15 is 0 Å². The largest absolute Gasteiger partial charge is 0.487 e. The van der Waals surface area contributed by atoms with Crippen LogP contribution in [0.3, 0.4) is 0 Å². The minimum atomic E-state index is -0.317. The van der Waals surface area contributed by atoms with Crippen molar-refractivity contribution in [1.29, 1.82) is 0 Å². The molecule has 0 saturated carbocycles. The molecule has 1 aliphatic heterocycles. The van der Waals surface area contributed by atoms with E-state index in [4.69, 9.17) is 9.47 Å². The number of aryl methyl sites for hydroxylation is 1. The van der Waals surface area contributed by atoms with Crippen molar-refractivity contribution in [2.45, 2.75) is 39.8 Å². The smallest absolute Gasteiger partial charge is 0.308 e. The molecule has 0 bridgehead atoms. The third-order valence-corrected chi connectivity index (χ3v) is 4.32. The number of cyclic esters (lactones) is 1. The van der Waals surface area contributed by atoms with Crippen molar-refractivity contribution in [3.05, 3.63) is 59.7 Å². The Hall–Kier alpha value is -3.42. The molecule has 0 spiro atoms. The first-order valence-electron chi connectivity index (χ1n) is 9.58. The SMILES string of the molecule is CC.Cc1nn2ccc(OCc3ccccn3)cc2c1C(=O)NC1COC(=O)C1. The fraction of sp³-hybridized carbons (Fsp3) is 0.333. The van der Waals surface area contributed by atoms with Crippen molar-refractivity contribution in [2.75, 3.05) is 6.61 Å². The summed E-state index contributed by atoms with van der Waals surface area (Å²) in [6, 6.07) is 8.86. The average Bonchev–Trinajstić information content (AvgIpc) is 3.29. The quantitative estimate of drug-likeness (QED) is 0.667. The van der Waals surface area contributed by atoms with Crippen LogP contribution < -0.4 is 10.1 Å². The normalized spacial score (nSPS) is 15.4. The van der Waals surface area contributed by atoms with Gasteiger partial charge in [-0.05, 0) is 25.1 Å². The van der Waals surface area contributed by atoms with E-state index in [1.165, 1.54) is 0 Å². The third-order valence-electron chi connectivity index (χ3n) is 4.32. The molecular weight excluding hydrogens is 372 g/mol. The van der Waals surface area contributed by atoms with Crippen molar-refractivity contribution >= 4 is 17.4 Å². The first kappa shape index (κ1) is 20.3. The van der Waals surface area contributed by atoms with Gasteiger partial charge in [-0.25, -0.2) is 4.52 Å². The van der Waals surface area contributed by atoms with Crippen LogP contribution in [0.25, 0.3) is 5.52 Å². The molecule has 3 aromatic rings. The summed E-state index contributed by atoms with van der Waals surface area (Å²) < 4.78 is 12.3. The van der Waals surface area contributed by atoms with Gasteiger partial charge in [-0.1, -0.05) is 19.9 Å². The Bertz CT molecular complexity index is 1000. The molecule has 152 valence electrons. The summed E-state index contributed by atoms with van der Waals surface area (Å²) in [5, 5.41) is 7.21. The molecule has 1 amide bonds. The van der Waals surface area contributed by atoms with Crippen LogP contribution in [-0.4, -0.2) is 39.1 Å². The Kier molecular flexibility index (Phi) is 6.43. The number of aromatic nitrogens is 3. The van der Waals surface area contributed by atoms with E-state index < -0.39 is 0 Å². The molecular formula is C21H24N4O4. The number of carbonyl (C=O) groups excluding carboxylic acids is 2. The molecule has 8 heteroatoms. The van der Waals surface area contributed by atoms with Crippen molar-refractivity contribution in [1.82, 2.24) is 19.9 Å². The molecule has 1 saturated heterocycles. The minimum Gasteiger partial charge on any atom is -0.487 e. The molecule has 1 fully saturated rings. The van der Waals surface area contributed by atoms with Crippen LogP contribution in [0.15, 0.2) is 42.7 Å². The number of carbonyl (C=O) groups is 2. The molecule has 1 unspecified atom stereocenters. The lowest BCUT2D eigenvalue weighted by Crippen LogP contribution is -2.35. The van der Waals surface area contributed by atoms with Gasteiger partial charge in [-0.15, -0.1) is 0 Å². The zero-order chi connectivity index (χ0) is 20.8. The number of amides is 1. The van der Waals surface area contributed by atoms with Gasteiger partial charge in [0.2, 0.25) is 0 Å². The second kappa shape index (κ2) is 9.18. The summed E-state index contributed by atoms with van der Waals surface area (Å²) in [4.78, 5) is 28.2. The van der Waals surface area contributed by atoms with E-state index in [0.29, 0.717) is 29.1 Å². The van der Waals surface area contributed by atoms with Crippen LogP contribution in [0.4, 0.5) is 0 Å². The summed E-state index contributed by atoms with van der Waals surface area (Å²) in [5.41, 5.74) is 2.50. The first-order valence-corrected chi connectivity index (χ1v) is 9.58. The first-order chi connectivity index (χ1) is 14.1. The van der Waals surface area contributed by atoms with Gasteiger partial charge in [0, 0.05) is 18.5 Å². The molecule has 8 nitrogen and oxygen atoms in total. The van der Waals surface area contributed by atoms with Gasteiger partial charge >= 0.3 is 5.97 Å². The van der Waals surface area contributed by atoms with Gasteiger partial charge in [-0.2, -0.15) is 5.10 Å². The zero-order valence-corrected chi connectivity index (χ0v) is 16.7. The summed E-state index contributed by atoms with van der Waals surface area (Å²) >= 11 is 0. The molecule has 1 N–H and O–H groups in total. The second-order valence-corrected chi connectivity index (χ2v) is 6.32. The lowest BCUT2D eigenvalue weighted by molar-refractivity contribution is -0.137. The van der Waals surface area contributed by atoms with E-state index in [1.54, 1.807) is 36.0 Å². The highest BCUT2D eigenvalue weighted by atomic mass is 16.5. The number of rotatable bonds is 5. The molecule has 0 radical (unpaired) electrons. The van der Waals surface area contributed by atoms with Gasteiger partial charge in [0.05, 0.1) is 34.9 Å². The fourth-order valence-electron chi connectivity index (χ4n) is 3.02. The van der Waals surface area contributed by atoms with Gasteiger partial charge in [0.25, 0.3) is 5.91 Å². The number of nitrogens with one attached hydrogen (secondary N) is 1. The van der Waals surface area contributed by atoms with Crippen molar-refractivity contribution in [3.8, 4) is 5.75 Å². The Balaban J connectivity index is 0.00000117. The van der Waals surface area contributed by atoms with Gasteiger partial charge in [-0.3, -0.25) is 14.6 Å². The number of nitrogens with zero attached hydrogens (tertiary/aromatic N) is 3. The Morgan fingerprint density at radius 3 is 2.86 bits per heavy atom. The van der Waals surface area contributed by atoms with Gasteiger partial charge < -0.3 is 14.8 Å². The van der Waals surface area contributed by atoms with Crippen LogP contribution in [-0.2, 0) is 16.1 Å². The molecule has 0 aliphatic carbocycles. The Labute approximate surface area is 168 Å². The Morgan fingerprint density at radius 2 is 2.17 bits per heavy atom. The predicted molar refractivity (Wildman–Crippen MR) is 107 cm³/mol. The zero-order valence-electron chi connectivity index (χ0n) is 16.7. The third kappa shape index (κ3) is 4.71. The predicted octanol–water partition coefficient (Wildman–Crippen LogP) is 2.69. The lowest BCUT2D eigenvalue weighted by Gasteiger charge is -2.10. The number of ether oxygens (including phenoxy) is 2. The maximum atomic E-state index is 12.7. The maximum Gasteiger partial charge on any atom is 0.308 e. The maximum absolute atomic E-state index is 12.7. The van der Waals surface area contributed by atoms with Gasteiger partial charge in [0.1, 0.15) is 19.0 Å². The van der Waals surface area contributed by atoms with Crippen LogP contribution in [0, 0.1) is 6.92 Å². The van der Waals surface area contributed by atoms with Gasteiger partial charge in [0.15, 0.2) is 0 Å². The van der Waals surface area contributed by atoms with E-state index in [0.717, 1.165) is 5.69 Å². The molecule has 1 aliphatic rings. The van der Waals surface area contributed by atoms with E-state index in [2.05, 4.69) is 15.4 Å². The monoisotopic (exact) mass is 396 g/mol. The second-order valence-electron chi connectivity index (χ2n) is 6.32.